The van der Waals surface area contributed by atoms with E-state index in [1.54, 1.807) is 12.1 Å². The quantitative estimate of drug-likeness (QED) is 0.505. The van der Waals surface area contributed by atoms with Gasteiger partial charge in [-0.3, -0.25) is 10.1 Å². The van der Waals surface area contributed by atoms with Crippen molar-refractivity contribution < 1.29 is 10.0 Å². The lowest BCUT2D eigenvalue weighted by Gasteiger charge is -1.95. The molecule has 0 heterocycles. The molecule has 4 nitrogen and oxygen atoms in total. The first-order chi connectivity index (χ1) is 5.74. The number of nitrogens with zero attached hydrogens (tertiary/aromatic N) is 1. The average Bonchev–Trinajstić information content (AvgIpc) is 2.06. The molecule has 0 aliphatic rings. The Kier molecular flexibility index (Phi) is 2.76. The lowest BCUT2D eigenvalue weighted by molar-refractivity contribution is -0.384. The molecule has 0 aliphatic heterocycles. The maximum absolute atomic E-state index is 10.2. The molecule has 12 heavy (non-hydrogen) atoms. The van der Waals surface area contributed by atoms with Crippen molar-refractivity contribution in [2.45, 2.75) is 6.42 Å². The van der Waals surface area contributed by atoms with Crippen molar-refractivity contribution in [3.63, 3.8) is 0 Å². The van der Waals surface area contributed by atoms with Gasteiger partial charge in [-0.1, -0.05) is 12.1 Å². The number of benzene rings is 1. The minimum Gasteiger partial charge on any atom is -0.258 e. The fourth-order valence-corrected chi connectivity index (χ4v) is 0.902. The molecule has 4 heteroatoms. The van der Waals surface area contributed by atoms with Crippen LogP contribution in [0.25, 0.3) is 0 Å². The third kappa shape index (κ3) is 2.03. The lowest BCUT2D eigenvalue weighted by atomic mass is 10.1. The SMILES string of the molecule is [O]CCc1ccc([N+](=O)[O-])cc1. The van der Waals surface area contributed by atoms with Gasteiger partial charge in [-0.25, -0.2) is 5.11 Å². The van der Waals surface area contributed by atoms with Gasteiger partial charge in [-0.05, 0) is 12.0 Å². The van der Waals surface area contributed by atoms with E-state index in [0.717, 1.165) is 5.56 Å². The third-order valence-corrected chi connectivity index (χ3v) is 1.54. The topological polar surface area (TPSA) is 63.0 Å². The summed E-state index contributed by atoms with van der Waals surface area (Å²) >= 11 is 0. The van der Waals surface area contributed by atoms with Crippen LogP contribution in [0.2, 0.25) is 0 Å². The Labute approximate surface area is 69.6 Å². The van der Waals surface area contributed by atoms with Crippen molar-refractivity contribution in [2.24, 2.45) is 0 Å². The zero-order valence-corrected chi connectivity index (χ0v) is 6.40. The Balaban J connectivity index is 2.78. The maximum atomic E-state index is 10.2. The normalized spacial score (nSPS) is 9.75. The van der Waals surface area contributed by atoms with E-state index in [-0.39, 0.29) is 12.3 Å². The van der Waals surface area contributed by atoms with Gasteiger partial charge in [0.1, 0.15) is 0 Å². The molecule has 0 unspecified atom stereocenters. The summed E-state index contributed by atoms with van der Waals surface area (Å²) in [4.78, 5) is 9.76. The first-order valence-corrected chi connectivity index (χ1v) is 3.55. The molecule has 0 atom stereocenters. The van der Waals surface area contributed by atoms with Crippen LogP contribution in [0.15, 0.2) is 24.3 Å². The van der Waals surface area contributed by atoms with Crippen LogP contribution in [0, 0.1) is 10.1 Å². The summed E-state index contributed by atoms with van der Waals surface area (Å²) in [5.74, 6) is 0. The fraction of sp³-hybridized carbons (Fsp3) is 0.250. The molecular weight excluding hydrogens is 158 g/mol. The standard InChI is InChI=1S/C8H8NO3/c10-6-5-7-1-3-8(4-2-7)9(11)12/h1-4H,5-6H2. The Morgan fingerprint density at radius 3 is 2.25 bits per heavy atom. The second-order valence-electron chi connectivity index (χ2n) is 2.38. The lowest BCUT2D eigenvalue weighted by Crippen LogP contribution is -1.91. The first-order valence-electron chi connectivity index (χ1n) is 3.55. The van der Waals surface area contributed by atoms with Crippen molar-refractivity contribution in [1.82, 2.24) is 0 Å². The molecule has 0 bridgehead atoms. The summed E-state index contributed by atoms with van der Waals surface area (Å²) in [7, 11) is 0. The number of hydrogen-bond donors (Lipinski definition) is 0. The smallest absolute Gasteiger partial charge is 0.258 e. The third-order valence-electron chi connectivity index (χ3n) is 1.54. The molecule has 0 fully saturated rings. The number of nitro groups is 1. The Hall–Kier alpha value is -1.42. The summed E-state index contributed by atoms with van der Waals surface area (Å²) in [6.07, 6.45) is 0.429. The van der Waals surface area contributed by atoms with Gasteiger partial charge in [0.05, 0.1) is 11.5 Å². The van der Waals surface area contributed by atoms with Crippen molar-refractivity contribution in [1.29, 1.82) is 0 Å². The molecule has 0 saturated heterocycles. The highest BCUT2D eigenvalue weighted by Gasteiger charge is 2.02. The van der Waals surface area contributed by atoms with Gasteiger partial charge < -0.3 is 0 Å². The molecule has 1 radical (unpaired) electrons. The highest BCUT2D eigenvalue weighted by Crippen LogP contribution is 2.11. The van der Waals surface area contributed by atoms with Crippen molar-refractivity contribution in [3.05, 3.63) is 39.9 Å². The number of rotatable bonds is 3. The molecule has 0 aromatic heterocycles. The van der Waals surface area contributed by atoms with Crippen molar-refractivity contribution in [3.8, 4) is 0 Å². The van der Waals surface area contributed by atoms with Crippen LogP contribution in [0.4, 0.5) is 5.69 Å². The highest BCUT2D eigenvalue weighted by atomic mass is 16.6. The van der Waals surface area contributed by atoms with Crippen LogP contribution in [-0.4, -0.2) is 11.5 Å². The zero-order valence-electron chi connectivity index (χ0n) is 6.40. The van der Waals surface area contributed by atoms with E-state index in [2.05, 4.69) is 0 Å². The number of nitro benzene ring substituents is 1. The van der Waals surface area contributed by atoms with Crippen LogP contribution < -0.4 is 0 Å². The Bertz CT molecular complexity index is 268. The summed E-state index contributed by atoms with van der Waals surface area (Å²) in [6, 6.07) is 6.03. The zero-order chi connectivity index (χ0) is 8.97. The van der Waals surface area contributed by atoms with E-state index < -0.39 is 4.92 Å². The van der Waals surface area contributed by atoms with E-state index >= 15 is 0 Å². The summed E-state index contributed by atoms with van der Waals surface area (Å²) in [6.45, 7) is -0.183. The van der Waals surface area contributed by atoms with Crippen LogP contribution >= 0.6 is 0 Å². The molecule has 0 saturated carbocycles. The van der Waals surface area contributed by atoms with Gasteiger partial charge in [0.2, 0.25) is 0 Å². The molecule has 1 rings (SSSR count). The van der Waals surface area contributed by atoms with Crippen LogP contribution in [0.3, 0.4) is 0 Å². The van der Waals surface area contributed by atoms with Crippen molar-refractivity contribution in [2.75, 3.05) is 6.61 Å². The average molecular weight is 166 g/mol. The molecule has 63 valence electrons. The van der Waals surface area contributed by atoms with Gasteiger partial charge in [0.25, 0.3) is 5.69 Å². The Morgan fingerprint density at radius 2 is 1.83 bits per heavy atom. The minimum atomic E-state index is -0.457. The molecule has 1 aromatic carbocycles. The predicted molar refractivity (Wildman–Crippen MR) is 42.4 cm³/mol. The molecule has 1 aromatic rings. The van der Waals surface area contributed by atoms with Crippen LogP contribution in [0.5, 0.6) is 0 Å². The van der Waals surface area contributed by atoms with Crippen molar-refractivity contribution >= 4 is 5.69 Å². The van der Waals surface area contributed by atoms with Gasteiger partial charge >= 0.3 is 0 Å². The van der Waals surface area contributed by atoms with Crippen LogP contribution in [0.1, 0.15) is 5.56 Å². The monoisotopic (exact) mass is 166 g/mol. The van der Waals surface area contributed by atoms with Gasteiger partial charge in [-0.2, -0.15) is 0 Å². The van der Waals surface area contributed by atoms with E-state index in [1.165, 1.54) is 12.1 Å². The summed E-state index contributed by atoms with van der Waals surface area (Å²) in [5, 5.41) is 20.4. The first kappa shape index (κ1) is 8.67. The minimum absolute atomic E-state index is 0.0599. The maximum Gasteiger partial charge on any atom is 0.269 e. The van der Waals surface area contributed by atoms with E-state index in [4.69, 9.17) is 0 Å². The predicted octanol–water partition coefficient (Wildman–Crippen LogP) is 1.57. The number of hydrogen-bond acceptors (Lipinski definition) is 2. The Morgan fingerprint density at radius 1 is 1.25 bits per heavy atom. The molecule has 0 N–H and O–H groups in total. The molecule has 0 aliphatic carbocycles. The van der Waals surface area contributed by atoms with Gasteiger partial charge in [0.15, 0.2) is 0 Å². The summed E-state index contributed by atoms with van der Waals surface area (Å²) < 4.78 is 0. The molecular formula is C8H8NO3. The second kappa shape index (κ2) is 3.82. The van der Waals surface area contributed by atoms with E-state index in [1.807, 2.05) is 0 Å². The van der Waals surface area contributed by atoms with Gasteiger partial charge in [0, 0.05) is 12.1 Å². The summed E-state index contributed by atoms with van der Waals surface area (Å²) in [5.41, 5.74) is 0.903. The highest BCUT2D eigenvalue weighted by molar-refractivity contribution is 5.32. The fourth-order valence-electron chi connectivity index (χ4n) is 0.902. The second-order valence-corrected chi connectivity index (χ2v) is 2.38. The van der Waals surface area contributed by atoms with E-state index in [0.29, 0.717) is 6.42 Å². The number of non-ortho nitro benzene ring substituents is 1. The van der Waals surface area contributed by atoms with Gasteiger partial charge in [-0.15, -0.1) is 0 Å². The molecule has 0 amide bonds. The van der Waals surface area contributed by atoms with Crippen LogP contribution in [-0.2, 0) is 11.5 Å². The molecule has 0 spiro atoms. The van der Waals surface area contributed by atoms with E-state index in [9.17, 15) is 15.2 Å². The largest absolute Gasteiger partial charge is 0.269 e.